The van der Waals surface area contributed by atoms with E-state index in [0.717, 1.165) is 30.4 Å². The minimum atomic E-state index is -0.416. The highest BCUT2D eigenvalue weighted by atomic mass is 19.1. The van der Waals surface area contributed by atoms with E-state index >= 15 is 0 Å². The van der Waals surface area contributed by atoms with Crippen LogP contribution in [0.2, 0.25) is 0 Å². The molecule has 1 fully saturated rings. The van der Waals surface area contributed by atoms with E-state index in [2.05, 4.69) is 10.1 Å². The summed E-state index contributed by atoms with van der Waals surface area (Å²) in [5.41, 5.74) is 2.00. The number of amides is 1. The molecule has 0 aliphatic heterocycles. The number of carbonyl (C=O) groups is 1. The molecule has 2 heterocycles. The van der Waals surface area contributed by atoms with Crippen LogP contribution >= 0.6 is 0 Å². The smallest absolute Gasteiger partial charge is 0.227 e. The van der Waals surface area contributed by atoms with Crippen LogP contribution in [0.5, 0.6) is 0 Å². The Hall–Kier alpha value is -2.24. The lowest BCUT2D eigenvalue weighted by atomic mass is 10.2. The van der Waals surface area contributed by atoms with Crippen molar-refractivity contribution in [2.45, 2.75) is 26.2 Å². The zero-order valence-electron chi connectivity index (χ0n) is 12.1. The Morgan fingerprint density at radius 1 is 1.48 bits per heavy atom. The molecule has 6 heteroatoms. The van der Waals surface area contributed by atoms with E-state index in [-0.39, 0.29) is 5.91 Å². The maximum absolute atomic E-state index is 13.2. The maximum atomic E-state index is 13.2. The molecule has 110 valence electrons. The van der Waals surface area contributed by atoms with Gasteiger partial charge in [-0.1, -0.05) is 0 Å². The standard InChI is InChI=1S/C15H17FN4O/c1-10-14(19(2)15(21)5-11-3-4-11)9-20(18-10)13-6-12(16)7-17-8-13/h6-9,11H,3-5H2,1-2H3. The molecular formula is C15H17FN4O. The fourth-order valence-corrected chi connectivity index (χ4v) is 2.28. The Morgan fingerprint density at radius 3 is 2.90 bits per heavy atom. The van der Waals surface area contributed by atoms with Crippen molar-refractivity contribution in [2.24, 2.45) is 5.92 Å². The lowest BCUT2D eigenvalue weighted by molar-refractivity contribution is -0.118. The van der Waals surface area contributed by atoms with Crippen molar-refractivity contribution in [3.8, 4) is 5.69 Å². The minimum Gasteiger partial charge on any atom is -0.312 e. The van der Waals surface area contributed by atoms with Gasteiger partial charge < -0.3 is 4.90 Å². The summed E-state index contributed by atoms with van der Waals surface area (Å²) < 4.78 is 14.8. The summed E-state index contributed by atoms with van der Waals surface area (Å²) in [6, 6.07) is 1.36. The highest BCUT2D eigenvalue weighted by Gasteiger charge is 2.27. The van der Waals surface area contributed by atoms with Crippen LogP contribution in [-0.4, -0.2) is 27.7 Å². The number of hydrogen-bond acceptors (Lipinski definition) is 3. The summed E-state index contributed by atoms with van der Waals surface area (Å²) in [5.74, 6) is 0.223. The lowest BCUT2D eigenvalue weighted by Crippen LogP contribution is -2.26. The molecule has 0 aromatic carbocycles. The van der Waals surface area contributed by atoms with E-state index in [1.54, 1.807) is 22.8 Å². The molecule has 0 atom stereocenters. The van der Waals surface area contributed by atoms with Crippen LogP contribution in [0, 0.1) is 18.7 Å². The number of aromatic nitrogens is 3. The van der Waals surface area contributed by atoms with Crippen molar-refractivity contribution in [1.82, 2.24) is 14.8 Å². The van der Waals surface area contributed by atoms with Crippen LogP contribution in [0.3, 0.4) is 0 Å². The molecule has 21 heavy (non-hydrogen) atoms. The first kappa shape index (κ1) is 13.7. The van der Waals surface area contributed by atoms with E-state index in [1.165, 1.54) is 12.3 Å². The highest BCUT2D eigenvalue weighted by molar-refractivity contribution is 5.93. The minimum absolute atomic E-state index is 0.0949. The fourth-order valence-electron chi connectivity index (χ4n) is 2.28. The van der Waals surface area contributed by atoms with Gasteiger partial charge in [0, 0.05) is 19.5 Å². The third-order valence-corrected chi connectivity index (χ3v) is 3.72. The number of aryl methyl sites for hydroxylation is 1. The average molecular weight is 288 g/mol. The van der Waals surface area contributed by atoms with Crippen molar-refractivity contribution >= 4 is 11.6 Å². The Balaban J connectivity index is 1.85. The van der Waals surface area contributed by atoms with Gasteiger partial charge >= 0.3 is 0 Å². The molecule has 1 amide bonds. The Bertz CT molecular complexity index is 678. The van der Waals surface area contributed by atoms with Crippen LogP contribution in [0.25, 0.3) is 5.69 Å². The molecule has 2 aromatic rings. The SMILES string of the molecule is Cc1nn(-c2cncc(F)c2)cc1N(C)C(=O)CC1CC1. The number of rotatable bonds is 4. The van der Waals surface area contributed by atoms with Crippen molar-refractivity contribution < 1.29 is 9.18 Å². The number of pyridine rings is 1. The topological polar surface area (TPSA) is 51.0 Å². The summed E-state index contributed by atoms with van der Waals surface area (Å²) in [6.45, 7) is 1.83. The lowest BCUT2D eigenvalue weighted by Gasteiger charge is -2.15. The molecule has 0 bridgehead atoms. The monoisotopic (exact) mass is 288 g/mol. The van der Waals surface area contributed by atoms with Crippen molar-refractivity contribution in [3.05, 3.63) is 36.2 Å². The largest absolute Gasteiger partial charge is 0.312 e. The van der Waals surface area contributed by atoms with Gasteiger partial charge in [0.1, 0.15) is 5.82 Å². The van der Waals surface area contributed by atoms with Gasteiger partial charge in [0.2, 0.25) is 5.91 Å². The Labute approximate surface area is 122 Å². The summed E-state index contributed by atoms with van der Waals surface area (Å²) in [6.07, 6.45) is 7.29. The first-order valence-electron chi connectivity index (χ1n) is 6.98. The predicted octanol–water partition coefficient (Wildman–Crippen LogP) is 2.48. The normalized spacial score (nSPS) is 14.2. The van der Waals surface area contributed by atoms with E-state index < -0.39 is 5.82 Å². The third-order valence-electron chi connectivity index (χ3n) is 3.72. The number of carbonyl (C=O) groups excluding carboxylic acids is 1. The first-order valence-corrected chi connectivity index (χ1v) is 6.98. The van der Waals surface area contributed by atoms with Crippen LogP contribution in [0.4, 0.5) is 10.1 Å². The second-order valence-corrected chi connectivity index (χ2v) is 5.51. The summed E-state index contributed by atoms with van der Waals surface area (Å²) in [5, 5.41) is 4.34. The zero-order valence-corrected chi connectivity index (χ0v) is 12.1. The summed E-state index contributed by atoms with van der Waals surface area (Å²) >= 11 is 0. The molecule has 0 unspecified atom stereocenters. The molecule has 0 spiro atoms. The second-order valence-electron chi connectivity index (χ2n) is 5.51. The highest BCUT2D eigenvalue weighted by Crippen LogP contribution is 2.33. The third kappa shape index (κ3) is 2.94. The molecule has 0 N–H and O–H groups in total. The van der Waals surface area contributed by atoms with Crippen LogP contribution < -0.4 is 4.90 Å². The summed E-state index contributed by atoms with van der Waals surface area (Å²) in [4.78, 5) is 17.6. The van der Waals surface area contributed by atoms with Crippen LogP contribution in [-0.2, 0) is 4.79 Å². The quantitative estimate of drug-likeness (QED) is 0.868. The van der Waals surface area contributed by atoms with Gasteiger partial charge in [-0.05, 0) is 25.7 Å². The molecule has 1 aliphatic carbocycles. The van der Waals surface area contributed by atoms with Gasteiger partial charge in [-0.2, -0.15) is 5.10 Å². The van der Waals surface area contributed by atoms with Gasteiger partial charge in [0.25, 0.3) is 0 Å². The zero-order chi connectivity index (χ0) is 15.0. The van der Waals surface area contributed by atoms with Crippen LogP contribution in [0.1, 0.15) is 25.0 Å². The maximum Gasteiger partial charge on any atom is 0.227 e. The molecule has 2 aromatic heterocycles. The van der Waals surface area contributed by atoms with Crippen molar-refractivity contribution in [1.29, 1.82) is 0 Å². The molecule has 3 rings (SSSR count). The summed E-state index contributed by atoms with van der Waals surface area (Å²) in [7, 11) is 1.75. The first-order chi connectivity index (χ1) is 10.0. The van der Waals surface area contributed by atoms with Gasteiger partial charge in [-0.3, -0.25) is 9.78 Å². The van der Waals surface area contributed by atoms with Crippen LogP contribution in [0.15, 0.2) is 24.7 Å². The van der Waals surface area contributed by atoms with E-state index in [9.17, 15) is 9.18 Å². The number of anilines is 1. The number of halogens is 1. The second kappa shape index (κ2) is 5.27. The van der Waals surface area contributed by atoms with Crippen molar-refractivity contribution in [2.75, 3.05) is 11.9 Å². The molecule has 1 saturated carbocycles. The van der Waals surface area contributed by atoms with Gasteiger partial charge in [-0.15, -0.1) is 0 Å². The number of hydrogen-bond donors (Lipinski definition) is 0. The fraction of sp³-hybridized carbons (Fsp3) is 0.400. The molecule has 0 radical (unpaired) electrons. The van der Waals surface area contributed by atoms with E-state index in [1.807, 2.05) is 6.92 Å². The number of nitrogens with zero attached hydrogens (tertiary/aromatic N) is 4. The Morgan fingerprint density at radius 2 is 2.24 bits per heavy atom. The van der Waals surface area contributed by atoms with Gasteiger partial charge in [-0.25, -0.2) is 9.07 Å². The van der Waals surface area contributed by atoms with E-state index in [4.69, 9.17) is 0 Å². The average Bonchev–Trinajstić information content (AvgIpc) is 3.18. The van der Waals surface area contributed by atoms with Gasteiger partial charge in [0.05, 0.1) is 35.7 Å². The Kier molecular flexibility index (Phi) is 3.45. The molecule has 1 aliphatic rings. The molecular weight excluding hydrogens is 271 g/mol. The molecule has 0 saturated heterocycles. The van der Waals surface area contributed by atoms with Gasteiger partial charge in [0.15, 0.2) is 0 Å². The van der Waals surface area contributed by atoms with E-state index in [0.29, 0.717) is 18.0 Å². The predicted molar refractivity (Wildman–Crippen MR) is 76.8 cm³/mol. The van der Waals surface area contributed by atoms with Crippen molar-refractivity contribution in [3.63, 3.8) is 0 Å². The molecule has 5 nitrogen and oxygen atoms in total.